The molecule has 4 rings (SSSR count). The van der Waals surface area contributed by atoms with Crippen LogP contribution < -0.4 is 5.73 Å². The number of aryl methyl sites for hydroxylation is 1. The number of rotatable bonds is 3. The summed E-state index contributed by atoms with van der Waals surface area (Å²) in [5.74, 6) is 0.965. The minimum atomic E-state index is -0.0841. The molecule has 2 N–H and O–H groups in total. The Kier molecular flexibility index (Phi) is 5.58. The van der Waals surface area contributed by atoms with Crippen LogP contribution in [0.1, 0.15) is 27.7 Å². The summed E-state index contributed by atoms with van der Waals surface area (Å²) in [6, 6.07) is 17.3. The van der Waals surface area contributed by atoms with Crippen LogP contribution >= 0.6 is 12.4 Å². The first-order valence-electron chi connectivity index (χ1n) is 8.63. The van der Waals surface area contributed by atoms with Crippen LogP contribution in [0.15, 0.2) is 59.1 Å². The van der Waals surface area contributed by atoms with Gasteiger partial charge < -0.3 is 15.2 Å². The molecule has 0 saturated carbocycles. The van der Waals surface area contributed by atoms with E-state index in [4.69, 9.17) is 10.3 Å². The molecule has 2 atom stereocenters. The van der Waals surface area contributed by atoms with Gasteiger partial charge in [0.15, 0.2) is 5.82 Å². The van der Waals surface area contributed by atoms with E-state index in [1.807, 2.05) is 41.3 Å². The molecular weight excluding hydrogens is 364 g/mol. The standard InChI is InChI=1S/C20H20N4O2.ClH/c1-13-22-19(26-23-13)15-9-5-6-10-16(15)20(25)24-11-17(18(21)12-24)14-7-3-2-4-8-14;/h2-10,17-18H,11-12,21H2,1H3;1H/t17-,18+;/m0./s1. The number of benzene rings is 2. The molecular formula is C20H21ClN4O2. The Morgan fingerprint density at radius 2 is 1.81 bits per heavy atom. The zero-order chi connectivity index (χ0) is 18.1. The van der Waals surface area contributed by atoms with Crippen molar-refractivity contribution in [1.29, 1.82) is 0 Å². The molecule has 7 heteroatoms. The average Bonchev–Trinajstić information content (AvgIpc) is 3.28. The minimum Gasteiger partial charge on any atom is -0.336 e. The molecule has 27 heavy (non-hydrogen) atoms. The molecule has 1 saturated heterocycles. The van der Waals surface area contributed by atoms with Gasteiger partial charge in [-0.3, -0.25) is 4.79 Å². The molecule has 0 spiro atoms. The molecule has 1 aliphatic heterocycles. The summed E-state index contributed by atoms with van der Waals surface area (Å²) in [5.41, 5.74) is 8.70. The minimum absolute atomic E-state index is 0. The Morgan fingerprint density at radius 1 is 1.11 bits per heavy atom. The third-order valence-corrected chi connectivity index (χ3v) is 4.80. The second-order valence-electron chi connectivity index (χ2n) is 6.58. The lowest BCUT2D eigenvalue weighted by molar-refractivity contribution is 0.0789. The zero-order valence-electron chi connectivity index (χ0n) is 14.9. The fourth-order valence-corrected chi connectivity index (χ4v) is 3.48. The third-order valence-electron chi connectivity index (χ3n) is 4.80. The van der Waals surface area contributed by atoms with Crippen LogP contribution in [0.2, 0.25) is 0 Å². The fraction of sp³-hybridized carbons (Fsp3) is 0.250. The number of hydrogen-bond acceptors (Lipinski definition) is 5. The van der Waals surface area contributed by atoms with Crippen LogP contribution in [0.3, 0.4) is 0 Å². The monoisotopic (exact) mass is 384 g/mol. The lowest BCUT2D eigenvalue weighted by atomic mass is 9.95. The number of hydrogen-bond donors (Lipinski definition) is 1. The van der Waals surface area contributed by atoms with Crippen LogP contribution in [-0.4, -0.2) is 40.1 Å². The van der Waals surface area contributed by atoms with Crippen molar-refractivity contribution in [3.63, 3.8) is 0 Å². The lowest BCUT2D eigenvalue weighted by Crippen LogP contribution is -2.32. The molecule has 1 amide bonds. The molecule has 2 heterocycles. The van der Waals surface area contributed by atoms with Gasteiger partial charge in [0.2, 0.25) is 0 Å². The smallest absolute Gasteiger partial charge is 0.258 e. The average molecular weight is 385 g/mol. The fourth-order valence-electron chi connectivity index (χ4n) is 3.48. The van der Waals surface area contributed by atoms with E-state index in [-0.39, 0.29) is 30.3 Å². The molecule has 0 aliphatic carbocycles. The largest absolute Gasteiger partial charge is 0.336 e. The lowest BCUT2D eigenvalue weighted by Gasteiger charge is -2.17. The Balaban J connectivity index is 0.00000210. The molecule has 1 aliphatic rings. The number of aromatic nitrogens is 2. The first-order valence-corrected chi connectivity index (χ1v) is 8.63. The summed E-state index contributed by atoms with van der Waals surface area (Å²) >= 11 is 0. The summed E-state index contributed by atoms with van der Waals surface area (Å²) in [6.07, 6.45) is 0. The summed E-state index contributed by atoms with van der Waals surface area (Å²) in [7, 11) is 0. The molecule has 0 radical (unpaired) electrons. The predicted octanol–water partition coefficient (Wildman–Crippen LogP) is 3.03. The van der Waals surface area contributed by atoms with Crippen molar-refractivity contribution in [3.05, 3.63) is 71.5 Å². The maximum atomic E-state index is 13.2. The topological polar surface area (TPSA) is 85.2 Å². The number of carbonyl (C=O) groups excluding carboxylic acids is 1. The predicted molar refractivity (Wildman–Crippen MR) is 105 cm³/mol. The zero-order valence-corrected chi connectivity index (χ0v) is 15.7. The SMILES string of the molecule is Cc1noc(-c2ccccc2C(=O)N2C[C@@H](N)[C@H](c3ccccc3)C2)n1.Cl. The quantitative estimate of drug-likeness (QED) is 0.750. The normalized spacial score (nSPS) is 19.0. The Bertz CT molecular complexity index is 928. The van der Waals surface area contributed by atoms with Gasteiger partial charge in [-0.25, -0.2) is 0 Å². The van der Waals surface area contributed by atoms with Gasteiger partial charge in [0.1, 0.15) is 0 Å². The highest BCUT2D eigenvalue weighted by atomic mass is 35.5. The van der Waals surface area contributed by atoms with Gasteiger partial charge in [-0.05, 0) is 24.6 Å². The second-order valence-corrected chi connectivity index (χ2v) is 6.58. The first kappa shape index (κ1) is 19.1. The molecule has 140 valence electrons. The van der Waals surface area contributed by atoms with Crippen LogP contribution in [0, 0.1) is 6.92 Å². The molecule has 1 aromatic heterocycles. The molecule has 1 fully saturated rings. The number of likely N-dealkylation sites (tertiary alicyclic amines) is 1. The van der Waals surface area contributed by atoms with E-state index < -0.39 is 0 Å². The summed E-state index contributed by atoms with van der Waals surface area (Å²) in [5, 5.41) is 3.82. The molecule has 3 aromatic rings. The number of nitrogens with two attached hydrogens (primary N) is 1. The van der Waals surface area contributed by atoms with Gasteiger partial charge in [0.05, 0.1) is 11.1 Å². The van der Waals surface area contributed by atoms with Crippen molar-refractivity contribution in [2.75, 3.05) is 13.1 Å². The number of carbonyl (C=O) groups is 1. The van der Waals surface area contributed by atoms with Gasteiger partial charge >= 0.3 is 0 Å². The summed E-state index contributed by atoms with van der Waals surface area (Å²) in [4.78, 5) is 19.2. The van der Waals surface area contributed by atoms with Crippen molar-refractivity contribution in [2.45, 2.75) is 18.9 Å². The second kappa shape index (κ2) is 7.90. The van der Waals surface area contributed by atoms with Gasteiger partial charge in [-0.2, -0.15) is 4.98 Å². The van der Waals surface area contributed by atoms with Crippen molar-refractivity contribution in [3.8, 4) is 11.5 Å². The molecule has 0 unspecified atom stereocenters. The third kappa shape index (κ3) is 3.72. The van der Waals surface area contributed by atoms with Crippen LogP contribution in [0.5, 0.6) is 0 Å². The van der Waals surface area contributed by atoms with E-state index in [0.29, 0.717) is 35.9 Å². The highest BCUT2D eigenvalue weighted by Gasteiger charge is 2.35. The van der Waals surface area contributed by atoms with Crippen LogP contribution in [-0.2, 0) is 0 Å². The van der Waals surface area contributed by atoms with Crippen molar-refractivity contribution in [1.82, 2.24) is 15.0 Å². The van der Waals surface area contributed by atoms with E-state index >= 15 is 0 Å². The number of halogens is 1. The maximum Gasteiger partial charge on any atom is 0.258 e. The Labute approximate surface area is 163 Å². The van der Waals surface area contributed by atoms with E-state index in [1.54, 1.807) is 13.0 Å². The van der Waals surface area contributed by atoms with Crippen molar-refractivity contribution in [2.24, 2.45) is 5.73 Å². The van der Waals surface area contributed by atoms with Gasteiger partial charge in [0.25, 0.3) is 11.8 Å². The Morgan fingerprint density at radius 3 is 2.52 bits per heavy atom. The van der Waals surface area contributed by atoms with Crippen LogP contribution in [0.4, 0.5) is 0 Å². The van der Waals surface area contributed by atoms with E-state index in [0.717, 1.165) is 5.56 Å². The maximum absolute atomic E-state index is 13.2. The molecule has 2 aromatic carbocycles. The molecule has 6 nitrogen and oxygen atoms in total. The van der Waals surface area contributed by atoms with Gasteiger partial charge in [-0.15, -0.1) is 12.4 Å². The highest BCUT2D eigenvalue weighted by Crippen LogP contribution is 2.29. The van der Waals surface area contributed by atoms with E-state index in [1.165, 1.54) is 0 Å². The number of nitrogens with zero attached hydrogens (tertiary/aromatic N) is 3. The van der Waals surface area contributed by atoms with E-state index in [2.05, 4.69) is 22.3 Å². The van der Waals surface area contributed by atoms with Crippen LogP contribution in [0.25, 0.3) is 11.5 Å². The first-order chi connectivity index (χ1) is 12.6. The highest BCUT2D eigenvalue weighted by molar-refractivity contribution is 6.00. The summed E-state index contributed by atoms with van der Waals surface area (Å²) < 4.78 is 5.26. The van der Waals surface area contributed by atoms with Crippen molar-refractivity contribution >= 4 is 18.3 Å². The molecule has 0 bridgehead atoms. The number of amides is 1. The van der Waals surface area contributed by atoms with Gasteiger partial charge in [0, 0.05) is 25.0 Å². The Hall–Kier alpha value is -2.70. The van der Waals surface area contributed by atoms with E-state index in [9.17, 15) is 4.79 Å². The van der Waals surface area contributed by atoms with Gasteiger partial charge in [-0.1, -0.05) is 47.6 Å². The van der Waals surface area contributed by atoms with Crippen molar-refractivity contribution < 1.29 is 9.32 Å². The summed E-state index contributed by atoms with van der Waals surface area (Å²) in [6.45, 7) is 2.87.